The van der Waals surface area contributed by atoms with E-state index in [4.69, 9.17) is 0 Å². The van der Waals surface area contributed by atoms with Crippen molar-refractivity contribution in [1.29, 1.82) is 0 Å². The van der Waals surface area contributed by atoms with Crippen molar-refractivity contribution in [1.82, 2.24) is 25.2 Å². The van der Waals surface area contributed by atoms with Crippen molar-refractivity contribution in [2.45, 2.75) is 19.5 Å². The highest BCUT2D eigenvalue weighted by Crippen LogP contribution is 2.03. The number of nitrogens with one attached hydrogen (secondary N) is 2. The molecule has 88 valence electrons. The Balaban J connectivity index is 1.75. The molecule has 17 heavy (non-hydrogen) atoms. The maximum atomic E-state index is 4.35. The predicted molar refractivity (Wildman–Crippen MR) is 64.7 cm³/mol. The summed E-state index contributed by atoms with van der Waals surface area (Å²) in [6, 6.07) is 4.25. The standard InChI is InChI=1S/C11H14N6/c1-8-6-13-11(16-8)14-7-9-2-4-12-10-3-5-15-17(9)10/h2-5,8H,6-7H2,1H3,(H2,13,14,16). The van der Waals surface area contributed by atoms with Crippen LogP contribution in [0.25, 0.3) is 5.65 Å². The van der Waals surface area contributed by atoms with E-state index in [1.807, 2.05) is 16.6 Å². The second-order valence-corrected chi connectivity index (χ2v) is 4.13. The summed E-state index contributed by atoms with van der Waals surface area (Å²) in [5, 5.41) is 10.8. The summed E-state index contributed by atoms with van der Waals surface area (Å²) >= 11 is 0. The van der Waals surface area contributed by atoms with Crippen LogP contribution in [-0.2, 0) is 6.54 Å². The second-order valence-electron chi connectivity index (χ2n) is 4.13. The Kier molecular flexibility index (Phi) is 2.40. The van der Waals surface area contributed by atoms with E-state index < -0.39 is 0 Å². The van der Waals surface area contributed by atoms with Gasteiger partial charge in [0.2, 0.25) is 0 Å². The lowest BCUT2D eigenvalue weighted by Gasteiger charge is -2.09. The molecule has 0 saturated heterocycles. The van der Waals surface area contributed by atoms with Gasteiger partial charge >= 0.3 is 0 Å². The van der Waals surface area contributed by atoms with Crippen molar-refractivity contribution in [3.8, 4) is 0 Å². The largest absolute Gasteiger partial charge is 0.352 e. The highest BCUT2D eigenvalue weighted by atomic mass is 15.3. The number of nitrogens with zero attached hydrogens (tertiary/aromatic N) is 4. The topological polar surface area (TPSA) is 66.6 Å². The molecule has 0 amide bonds. The van der Waals surface area contributed by atoms with Crippen LogP contribution in [0.15, 0.2) is 29.5 Å². The van der Waals surface area contributed by atoms with E-state index in [2.05, 4.69) is 32.6 Å². The fraction of sp³-hybridized carbons (Fsp3) is 0.364. The molecule has 6 nitrogen and oxygen atoms in total. The third-order valence-electron chi connectivity index (χ3n) is 2.71. The minimum absolute atomic E-state index is 0.416. The molecule has 0 saturated carbocycles. The number of rotatable bonds is 2. The monoisotopic (exact) mass is 230 g/mol. The van der Waals surface area contributed by atoms with Gasteiger partial charge in [0.15, 0.2) is 11.6 Å². The SMILES string of the molecule is CC1CN=C(NCc2ccnc3ccnn23)N1. The molecule has 0 bridgehead atoms. The van der Waals surface area contributed by atoms with Gasteiger partial charge in [0.05, 0.1) is 25.0 Å². The van der Waals surface area contributed by atoms with E-state index in [0.29, 0.717) is 12.6 Å². The molecule has 1 unspecified atom stereocenters. The summed E-state index contributed by atoms with van der Waals surface area (Å²) in [4.78, 5) is 8.57. The van der Waals surface area contributed by atoms with Crippen molar-refractivity contribution in [2.75, 3.05) is 6.54 Å². The van der Waals surface area contributed by atoms with Gasteiger partial charge in [-0.25, -0.2) is 9.50 Å². The van der Waals surface area contributed by atoms with Gasteiger partial charge < -0.3 is 10.6 Å². The highest BCUT2D eigenvalue weighted by molar-refractivity contribution is 5.81. The molecule has 6 heteroatoms. The minimum atomic E-state index is 0.416. The van der Waals surface area contributed by atoms with Gasteiger partial charge in [-0.2, -0.15) is 5.10 Å². The third kappa shape index (κ3) is 1.93. The number of hydrogen-bond acceptors (Lipinski definition) is 5. The Hall–Kier alpha value is -2.11. The van der Waals surface area contributed by atoms with E-state index in [1.54, 1.807) is 12.4 Å². The summed E-state index contributed by atoms with van der Waals surface area (Å²) in [5.41, 5.74) is 1.92. The van der Waals surface area contributed by atoms with Gasteiger partial charge in [-0.1, -0.05) is 0 Å². The van der Waals surface area contributed by atoms with Crippen LogP contribution in [0, 0.1) is 0 Å². The van der Waals surface area contributed by atoms with Gasteiger partial charge in [-0.15, -0.1) is 0 Å². The van der Waals surface area contributed by atoms with Gasteiger partial charge in [0, 0.05) is 18.3 Å². The average molecular weight is 230 g/mol. The van der Waals surface area contributed by atoms with E-state index in [-0.39, 0.29) is 0 Å². The van der Waals surface area contributed by atoms with Crippen molar-refractivity contribution in [3.63, 3.8) is 0 Å². The Morgan fingerprint density at radius 2 is 2.41 bits per heavy atom. The summed E-state index contributed by atoms with van der Waals surface area (Å²) in [5.74, 6) is 0.856. The van der Waals surface area contributed by atoms with E-state index in [1.165, 1.54) is 0 Å². The first kappa shape index (κ1) is 10.1. The molecule has 0 aromatic carbocycles. The number of aromatic nitrogens is 3. The lowest BCUT2D eigenvalue weighted by Crippen LogP contribution is -2.37. The molecular weight excluding hydrogens is 216 g/mol. The van der Waals surface area contributed by atoms with Crippen molar-refractivity contribution >= 4 is 11.6 Å². The first-order valence-corrected chi connectivity index (χ1v) is 5.65. The predicted octanol–water partition coefficient (Wildman–Crippen LogP) is 0.167. The normalized spacial score (nSPS) is 19.1. The molecule has 0 radical (unpaired) electrons. The molecule has 3 rings (SSSR count). The van der Waals surface area contributed by atoms with Gasteiger partial charge in [0.1, 0.15) is 0 Å². The molecule has 2 aromatic rings. The van der Waals surface area contributed by atoms with Crippen molar-refractivity contribution < 1.29 is 0 Å². The Labute approximate surface area is 98.8 Å². The summed E-state index contributed by atoms with van der Waals surface area (Å²) in [6.07, 6.45) is 3.54. The van der Waals surface area contributed by atoms with Crippen LogP contribution in [0.5, 0.6) is 0 Å². The van der Waals surface area contributed by atoms with E-state index in [9.17, 15) is 0 Å². The van der Waals surface area contributed by atoms with Gasteiger partial charge in [-0.3, -0.25) is 4.99 Å². The first-order chi connectivity index (χ1) is 8.33. The zero-order valence-electron chi connectivity index (χ0n) is 9.59. The molecule has 0 spiro atoms. The highest BCUT2D eigenvalue weighted by Gasteiger charge is 2.12. The zero-order chi connectivity index (χ0) is 11.7. The molecule has 1 aliphatic heterocycles. The van der Waals surface area contributed by atoms with Crippen molar-refractivity contribution in [2.24, 2.45) is 4.99 Å². The van der Waals surface area contributed by atoms with Crippen LogP contribution in [0.3, 0.4) is 0 Å². The van der Waals surface area contributed by atoms with Crippen molar-refractivity contribution in [3.05, 3.63) is 30.2 Å². The fourth-order valence-electron chi connectivity index (χ4n) is 1.85. The summed E-state index contributed by atoms with van der Waals surface area (Å²) < 4.78 is 1.83. The summed E-state index contributed by atoms with van der Waals surface area (Å²) in [6.45, 7) is 3.62. The van der Waals surface area contributed by atoms with Crippen LogP contribution >= 0.6 is 0 Å². The van der Waals surface area contributed by atoms with Crippen LogP contribution in [0.2, 0.25) is 0 Å². The average Bonchev–Trinajstić information content (AvgIpc) is 2.94. The Morgan fingerprint density at radius 1 is 1.47 bits per heavy atom. The number of hydrogen-bond donors (Lipinski definition) is 2. The Bertz CT molecular complexity index is 558. The quantitative estimate of drug-likeness (QED) is 0.771. The maximum absolute atomic E-state index is 4.35. The third-order valence-corrected chi connectivity index (χ3v) is 2.71. The second kappa shape index (κ2) is 4.04. The van der Waals surface area contributed by atoms with Crippen LogP contribution in [-0.4, -0.2) is 33.1 Å². The smallest absolute Gasteiger partial charge is 0.191 e. The molecule has 3 heterocycles. The minimum Gasteiger partial charge on any atom is -0.352 e. The number of aliphatic imine (C=N–C) groups is 1. The molecule has 1 aliphatic rings. The lowest BCUT2D eigenvalue weighted by atomic mass is 10.4. The van der Waals surface area contributed by atoms with Crippen LogP contribution in [0.4, 0.5) is 0 Å². The zero-order valence-corrected chi connectivity index (χ0v) is 9.59. The summed E-state index contributed by atoms with van der Waals surface area (Å²) in [7, 11) is 0. The van der Waals surface area contributed by atoms with Crippen LogP contribution < -0.4 is 10.6 Å². The van der Waals surface area contributed by atoms with E-state index >= 15 is 0 Å². The lowest BCUT2D eigenvalue weighted by molar-refractivity contribution is 0.707. The van der Waals surface area contributed by atoms with E-state index in [0.717, 1.165) is 23.8 Å². The Morgan fingerprint density at radius 3 is 3.24 bits per heavy atom. The molecule has 2 aromatic heterocycles. The maximum Gasteiger partial charge on any atom is 0.191 e. The van der Waals surface area contributed by atoms with Crippen LogP contribution in [0.1, 0.15) is 12.6 Å². The molecular formula is C11H14N6. The molecule has 2 N–H and O–H groups in total. The first-order valence-electron chi connectivity index (χ1n) is 5.65. The fourth-order valence-corrected chi connectivity index (χ4v) is 1.85. The molecule has 1 atom stereocenters. The van der Waals surface area contributed by atoms with Gasteiger partial charge in [-0.05, 0) is 13.0 Å². The number of guanidine groups is 1. The molecule has 0 aliphatic carbocycles. The molecule has 0 fully saturated rings. The number of fused-ring (bicyclic) bond motifs is 1. The van der Waals surface area contributed by atoms with Gasteiger partial charge in [0.25, 0.3) is 0 Å².